The number of nitro benzene ring substituents is 1. The number of benzene rings is 1. The summed E-state index contributed by atoms with van der Waals surface area (Å²) in [5, 5.41) is 11.5. The number of aromatic nitrogens is 1. The van der Waals surface area contributed by atoms with E-state index in [0.717, 1.165) is 11.8 Å². The highest BCUT2D eigenvalue weighted by Crippen LogP contribution is 2.36. The highest BCUT2D eigenvalue weighted by atomic mass is 32.2. The summed E-state index contributed by atoms with van der Waals surface area (Å²) >= 11 is 0. The molecule has 2 heterocycles. The zero-order valence-electron chi connectivity index (χ0n) is 14.2. The summed E-state index contributed by atoms with van der Waals surface area (Å²) in [5.41, 5.74) is 0.946. The lowest BCUT2D eigenvalue weighted by Gasteiger charge is -2.19. The van der Waals surface area contributed by atoms with Crippen LogP contribution in [0.25, 0.3) is 0 Å². The van der Waals surface area contributed by atoms with E-state index in [1.54, 1.807) is 18.5 Å². The first kappa shape index (κ1) is 18.3. The zero-order chi connectivity index (χ0) is 18.7. The van der Waals surface area contributed by atoms with Crippen molar-refractivity contribution in [1.29, 1.82) is 0 Å². The van der Waals surface area contributed by atoms with E-state index in [0.29, 0.717) is 31.8 Å². The van der Waals surface area contributed by atoms with Crippen molar-refractivity contribution < 1.29 is 18.1 Å². The second kappa shape index (κ2) is 7.38. The fourth-order valence-corrected chi connectivity index (χ4v) is 3.88. The van der Waals surface area contributed by atoms with Crippen LogP contribution >= 0.6 is 0 Å². The third-order valence-electron chi connectivity index (χ3n) is 4.28. The molecule has 1 aromatic heterocycles. The minimum Gasteiger partial charge on any atom is -0.372 e. The van der Waals surface area contributed by atoms with Crippen molar-refractivity contribution in [2.45, 2.75) is 24.0 Å². The number of nitro groups is 1. The Morgan fingerprint density at radius 2 is 2.04 bits per heavy atom. The molecular weight excluding hydrogens is 358 g/mol. The van der Waals surface area contributed by atoms with Gasteiger partial charge in [0.2, 0.25) is 0 Å². The number of rotatable bonds is 6. The number of ether oxygens (including phenoxy) is 1. The molecule has 0 aliphatic carbocycles. The number of anilines is 1. The molecule has 1 saturated heterocycles. The van der Waals surface area contributed by atoms with Crippen LogP contribution in [0.2, 0.25) is 0 Å². The molecule has 1 aromatic carbocycles. The van der Waals surface area contributed by atoms with E-state index in [1.165, 1.54) is 12.1 Å². The summed E-state index contributed by atoms with van der Waals surface area (Å²) in [5.74, 6) is 0. The topological polar surface area (TPSA) is 103 Å². The van der Waals surface area contributed by atoms with Crippen molar-refractivity contribution in [2.24, 2.45) is 0 Å². The van der Waals surface area contributed by atoms with Gasteiger partial charge in [0.25, 0.3) is 0 Å². The normalized spacial score (nSPS) is 17.4. The molecule has 9 heteroatoms. The maximum Gasteiger partial charge on any atom is 0.311 e. The second-order valence-corrected chi connectivity index (χ2v) is 8.16. The lowest BCUT2D eigenvalue weighted by Crippen LogP contribution is -2.24. The van der Waals surface area contributed by atoms with Gasteiger partial charge in [-0.1, -0.05) is 6.07 Å². The smallest absolute Gasteiger partial charge is 0.311 e. The Morgan fingerprint density at radius 3 is 2.69 bits per heavy atom. The Hall–Kier alpha value is -2.52. The van der Waals surface area contributed by atoms with Crippen molar-refractivity contribution in [3.8, 4) is 0 Å². The number of sulfone groups is 1. The highest BCUT2D eigenvalue weighted by Gasteiger charge is 2.32. The zero-order valence-corrected chi connectivity index (χ0v) is 15.1. The molecule has 138 valence electrons. The van der Waals surface area contributed by atoms with Gasteiger partial charge in [-0.3, -0.25) is 15.1 Å². The third-order valence-corrected chi connectivity index (χ3v) is 5.41. The lowest BCUT2D eigenvalue weighted by atomic mass is 10.2. The molecule has 0 spiro atoms. The fraction of sp³-hybridized carbons (Fsp3) is 0.353. The minimum atomic E-state index is -3.70. The second-order valence-electron chi connectivity index (χ2n) is 6.18. The van der Waals surface area contributed by atoms with Crippen LogP contribution in [0.1, 0.15) is 12.0 Å². The first-order valence-electron chi connectivity index (χ1n) is 8.09. The largest absolute Gasteiger partial charge is 0.372 e. The van der Waals surface area contributed by atoms with Gasteiger partial charge in [-0.25, -0.2) is 8.42 Å². The average molecular weight is 377 g/mol. The van der Waals surface area contributed by atoms with Gasteiger partial charge in [0.15, 0.2) is 9.84 Å². The number of nitrogens with zero attached hydrogens (tertiary/aromatic N) is 3. The molecule has 26 heavy (non-hydrogen) atoms. The monoisotopic (exact) mass is 377 g/mol. The summed E-state index contributed by atoms with van der Waals surface area (Å²) in [6.07, 6.45) is 5.00. The van der Waals surface area contributed by atoms with E-state index in [-0.39, 0.29) is 16.7 Å². The van der Waals surface area contributed by atoms with E-state index in [2.05, 4.69) is 4.98 Å². The van der Waals surface area contributed by atoms with Gasteiger partial charge in [0.05, 0.1) is 17.6 Å². The molecule has 1 unspecified atom stereocenters. The highest BCUT2D eigenvalue weighted by molar-refractivity contribution is 7.90. The Balaban J connectivity index is 1.77. The molecule has 0 bridgehead atoms. The lowest BCUT2D eigenvalue weighted by molar-refractivity contribution is -0.387. The molecule has 2 aromatic rings. The van der Waals surface area contributed by atoms with Crippen LogP contribution in [0.15, 0.2) is 47.6 Å². The Bertz CT molecular complexity index is 902. The summed E-state index contributed by atoms with van der Waals surface area (Å²) in [7, 11) is -3.70. The van der Waals surface area contributed by atoms with Gasteiger partial charge in [0.1, 0.15) is 10.6 Å². The van der Waals surface area contributed by atoms with Crippen molar-refractivity contribution in [2.75, 3.05) is 24.2 Å². The third kappa shape index (κ3) is 4.00. The molecule has 0 saturated carbocycles. The maximum absolute atomic E-state index is 11.9. The average Bonchev–Trinajstić information content (AvgIpc) is 3.08. The van der Waals surface area contributed by atoms with Crippen molar-refractivity contribution in [3.63, 3.8) is 0 Å². The summed E-state index contributed by atoms with van der Waals surface area (Å²) in [6.45, 7) is 1.47. The maximum atomic E-state index is 11.9. The first-order chi connectivity index (χ1) is 12.4. The molecule has 1 aliphatic heterocycles. The molecule has 1 fully saturated rings. The Kier molecular flexibility index (Phi) is 5.19. The van der Waals surface area contributed by atoms with Gasteiger partial charge in [-0.05, 0) is 36.2 Å². The van der Waals surface area contributed by atoms with Gasteiger partial charge in [0, 0.05) is 31.7 Å². The van der Waals surface area contributed by atoms with E-state index in [1.807, 2.05) is 17.0 Å². The molecule has 0 radical (unpaired) electrons. The van der Waals surface area contributed by atoms with E-state index >= 15 is 0 Å². The summed E-state index contributed by atoms with van der Waals surface area (Å²) in [4.78, 5) is 16.4. The predicted octanol–water partition coefficient (Wildman–Crippen LogP) is 2.19. The molecule has 0 N–H and O–H groups in total. The molecule has 3 rings (SSSR count). The van der Waals surface area contributed by atoms with Crippen molar-refractivity contribution >= 4 is 21.2 Å². The van der Waals surface area contributed by atoms with Gasteiger partial charge >= 0.3 is 5.69 Å². The quantitative estimate of drug-likeness (QED) is 0.561. The molecule has 1 aliphatic rings. The fourth-order valence-electron chi connectivity index (χ4n) is 3.02. The summed E-state index contributed by atoms with van der Waals surface area (Å²) < 4.78 is 29.7. The van der Waals surface area contributed by atoms with Crippen LogP contribution in [-0.2, 0) is 21.2 Å². The molecule has 0 amide bonds. The number of pyridine rings is 1. The van der Waals surface area contributed by atoms with Gasteiger partial charge in [-0.15, -0.1) is 0 Å². The Labute approximate surface area is 151 Å². The van der Waals surface area contributed by atoms with Crippen LogP contribution in [0.3, 0.4) is 0 Å². The van der Waals surface area contributed by atoms with Crippen molar-refractivity contribution in [1.82, 2.24) is 4.98 Å². The molecule has 8 nitrogen and oxygen atoms in total. The number of para-hydroxylation sites is 1. The van der Waals surface area contributed by atoms with Crippen LogP contribution in [0.5, 0.6) is 0 Å². The van der Waals surface area contributed by atoms with Crippen LogP contribution in [-0.4, -0.2) is 43.8 Å². The molecular formula is C17H19N3O5S. The summed E-state index contributed by atoms with van der Waals surface area (Å²) in [6, 6.07) is 8.12. The van der Waals surface area contributed by atoms with E-state index in [9.17, 15) is 18.5 Å². The van der Waals surface area contributed by atoms with E-state index < -0.39 is 14.8 Å². The van der Waals surface area contributed by atoms with Crippen molar-refractivity contribution in [3.05, 3.63) is 58.4 Å². The van der Waals surface area contributed by atoms with Gasteiger partial charge in [-0.2, -0.15) is 0 Å². The number of hydrogen-bond donors (Lipinski definition) is 0. The number of hydrogen-bond acceptors (Lipinski definition) is 7. The van der Waals surface area contributed by atoms with Crippen LogP contribution in [0, 0.1) is 10.1 Å². The van der Waals surface area contributed by atoms with Crippen LogP contribution < -0.4 is 4.90 Å². The first-order valence-corrected chi connectivity index (χ1v) is 9.98. The van der Waals surface area contributed by atoms with Crippen LogP contribution in [0.4, 0.5) is 11.4 Å². The minimum absolute atomic E-state index is 0.0790. The predicted molar refractivity (Wildman–Crippen MR) is 95.9 cm³/mol. The SMILES string of the molecule is CS(=O)(=O)c1cccc(N2CCC(OCc3ccncc3)C2)c1[N+](=O)[O-]. The van der Waals surface area contributed by atoms with Gasteiger partial charge < -0.3 is 9.64 Å². The standard InChI is InChI=1S/C17H19N3O5S/c1-26(23,24)16-4-2-3-15(17(16)20(21)22)19-10-7-14(11-19)25-12-13-5-8-18-9-6-13/h2-6,8-9,14H,7,10-12H2,1H3. The molecule has 1 atom stereocenters. The van der Waals surface area contributed by atoms with E-state index in [4.69, 9.17) is 4.74 Å². The Morgan fingerprint density at radius 1 is 1.31 bits per heavy atom.